The van der Waals surface area contributed by atoms with Crippen molar-refractivity contribution in [1.82, 2.24) is 0 Å². The van der Waals surface area contributed by atoms with E-state index in [0.29, 0.717) is 31.3 Å². The van der Waals surface area contributed by atoms with Crippen molar-refractivity contribution in [2.75, 3.05) is 5.32 Å². The first kappa shape index (κ1) is 15.5. The maximum absolute atomic E-state index is 12.0. The van der Waals surface area contributed by atoms with Crippen molar-refractivity contribution >= 4 is 58.0 Å². The Balaban J connectivity index is 2.09. The van der Waals surface area contributed by atoms with Gasteiger partial charge in [-0.3, -0.25) is 4.79 Å². The van der Waals surface area contributed by atoms with Gasteiger partial charge in [0.05, 0.1) is 17.1 Å². The molecule has 2 rings (SSSR count). The van der Waals surface area contributed by atoms with E-state index in [1.165, 1.54) is 0 Å². The number of benzene rings is 2. The molecule has 0 spiro atoms. The van der Waals surface area contributed by atoms with Crippen LogP contribution in [0.3, 0.4) is 0 Å². The summed E-state index contributed by atoms with van der Waals surface area (Å²) in [5.41, 5.74) is 1.20. The third kappa shape index (κ3) is 4.03. The van der Waals surface area contributed by atoms with Crippen LogP contribution in [0, 0.1) is 0 Å². The van der Waals surface area contributed by atoms with E-state index in [-0.39, 0.29) is 12.3 Å². The van der Waals surface area contributed by atoms with Gasteiger partial charge in [0.2, 0.25) is 5.91 Å². The summed E-state index contributed by atoms with van der Waals surface area (Å²) in [5, 5.41) is 4.58. The second-order valence-electron chi connectivity index (χ2n) is 4.08. The third-order valence-corrected chi connectivity index (χ3v) is 3.71. The Morgan fingerprint density at radius 3 is 2.10 bits per heavy atom. The molecule has 2 aromatic carbocycles. The lowest BCUT2D eigenvalue weighted by molar-refractivity contribution is -0.115. The van der Waals surface area contributed by atoms with Crippen LogP contribution in [0.5, 0.6) is 0 Å². The standard InChI is InChI=1S/C14H9Cl4NO/c15-9-2-1-8(11(17)6-9)5-14(20)19-13-4-3-10(16)7-12(13)18/h1-4,6-7H,5H2,(H,19,20). The highest BCUT2D eigenvalue weighted by atomic mass is 35.5. The Kier molecular flexibility index (Phi) is 5.17. The van der Waals surface area contributed by atoms with Crippen LogP contribution in [0.1, 0.15) is 5.56 Å². The normalized spacial score (nSPS) is 10.4. The van der Waals surface area contributed by atoms with E-state index in [9.17, 15) is 4.79 Å². The van der Waals surface area contributed by atoms with Gasteiger partial charge in [-0.2, -0.15) is 0 Å². The van der Waals surface area contributed by atoms with Crippen LogP contribution in [-0.2, 0) is 11.2 Å². The summed E-state index contributed by atoms with van der Waals surface area (Å²) in [6.07, 6.45) is 0.134. The van der Waals surface area contributed by atoms with E-state index >= 15 is 0 Å². The van der Waals surface area contributed by atoms with Crippen LogP contribution in [0.15, 0.2) is 36.4 Å². The van der Waals surface area contributed by atoms with Crippen molar-refractivity contribution in [2.45, 2.75) is 6.42 Å². The van der Waals surface area contributed by atoms with Gasteiger partial charge in [-0.25, -0.2) is 0 Å². The molecule has 1 amide bonds. The Morgan fingerprint density at radius 2 is 1.50 bits per heavy atom. The molecule has 0 saturated carbocycles. The van der Waals surface area contributed by atoms with Crippen LogP contribution in [0.25, 0.3) is 0 Å². The SMILES string of the molecule is O=C(Cc1ccc(Cl)cc1Cl)Nc1ccc(Cl)cc1Cl. The zero-order chi connectivity index (χ0) is 14.7. The first-order valence-corrected chi connectivity index (χ1v) is 7.16. The maximum atomic E-state index is 12.0. The van der Waals surface area contributed by atoms with Crippen LogP contribution in [0.2, 0.25) is 20.1 Å². The highest BCUT2D eigenvalue weighted by molar-refractivity contribution is 6.37. The molecule has 0 bridgehead atoms. The zero-order valence-electron chi connectivity index (χ0n) is 10.1. The first-order chi connectivity index (χ1) is 9.45. The number of hydrogen-bond donors (Lipinski definition) is 1. The number of carbonyl (C=O) groups is 1. The van der Waals surface area contributed by atoms with Crippen LogP contribution in [-0.4, -0.2) is 5.91 Å². The second-order valence-corrected chi connectivity index (χ2v) is 5.77. The molecule has 20 heavy (non-hydrogen) atoms. The molecule has 0 aliphatic carbocycles. The van der Waals surface area contributed by atoms with Crippen LogP contribution < -0.4 is 5.32 Å². The van der Waals surface area contributed by atoms with Crippen LogP contribution >= 0.6 is 46.4 Å². The molecule has 0 unspecified atom stereocenters. The molecule has 2 nitrogen and oxygen atoms in total. The summed E-state index contributed by atoms with van der Waals surface area (Å²) >= 11 is 23.6. The van der Waals surface area contributed by atoms with Gasteiger partial charge in [-0.05, 0) is 35.9 Å². The summed E-state index contributed by atoms with van der Waals surface area (Å²) in [6, 6.07) is 9.86. The lowest BCUT2D eigenvalue weighted by Gasteiger charge is -2.08. The van der Waals surface area contributed by atoms with Gasteiger partial charge in [0.1, 0.15) is 0 Å². The highest BCUT2D eigenvalue weighted by Gasteiger charge is 2.10. The molecular weight excluding hydrogens is 340 g/mol. The largest absolute Gasteiger partial charge is 0.324 e. The lowest BCUT2D eigenvalue weighted by Crippen LogP contribution is -2.14. The van der Waals surface area contributed by atoms with Gasteiger partial charge in [-0.1, -0.05) is 52.5 Å². The number of rotatable bonds is 3. The molecule has 0 saturated heterocycles. The number of nitrogens with one attached hydrogen (secondary N) is 1. The van der Waals surface area contributed by atoms with Gasteiger partial charge in [-0.15, -0.1) is 0 Å². The molecule has 104 valence electrons. The molecule has 0 aliphatic rings. The number of halogens is 4. The Bertz CT molecular complexity index is 602. The van der Waals surface area contributed by atoms with E-state index in [1.807, 2.05) is 0 Å². The van der Waals surface area contributed by atoms with Gasteiger partial charge in [0.15, 0.2) is 0 Å². The van der Waals surface area contributed by atoms with Crippen molar-refractivity contribution < 1.29 is 4.79 Å². The predicted molar refractivity (Wildman–Crippen MR) is 85.3 cm³/mol. The lowest BCUT2D eigenvalue weighted by atomic mass is 10.1. The molecule has 2 aromatic rings. The second kappa shape index (κ2) is 6.68. The molecule has 0 aliphatic heterocycles. The number of amides is 1. The van der Waals surface area contributed by atoms with Gasteiger partial charge >= 0.3 is 0 Å². The minimum atomic E-state index is -0.224. The van der Waals surface area contributed by atoms with Crippen molar-refractivity contribution in [3.63, 3.8) is 0 Å². The molecule has 0 atom stereocenters. The fourth-order valence-corrected chi connectivity index (χ4v) is 2.55. The van der Waals surface area contributed by atoms with E-state index in [2.05, 4.69) is 5.32 Å². The number of anilines is 1. The zero-order valence-corrected chi connectivity index (χ0v) is 13.1. The summed E-state index contributed by atoms with van der Waals surface area (Å²) in [7, 11) is 0. The average molecular weight is 349 g/mol. The topological polar surface area (TPSA) is 29.1 Å². The smallest absolute Gasteiger partial charge is 0.228 e. The fourth-order valence-electron chi connectivity index (χ4n) is 1.62. The van der Waals surface area contributed by atoms with Crippen molar-refractivity contribution in [2.24, 2.45) is 0 Å². The highest BCUT2D eigenvalue weighted by Crippen LogP contribution is 2.26. The Morgan fingerprint density at radius 1 is 0.900 bits per heavy atom. The van der Waals surface area contributed by atoms with Crippen molar-refractivity contribution in [1.29, 1.82) is 0 Å². The quantitative estimate of drug-likeness (QED) is 0.781. The predicted octanol–water partition coefficient (Wildman–Crippen LogP) is 5.48. The van der Waals surface area contributed by atoms with Gasteiger partial charge in [0, 0.05) is 15.1 Å². The summed E-state index contributed by atoms with van der Waals surface area (Å²) < 4.78 is 0. The molecule has 6 heteroatoms. The van der Waals surface area contributed by atoms with Gasteiger partial charge < -0.3 is 5.32 Å². The fraction of sp³-hybridized carbons (Fsp3) is 0.0714. The Hall–Kier alpha value is -0.930. The summed E-state index contributed by atoms with van der Waals surface area (Å²) in [5.74, 6) is -0.224. The van der Waals surface area contributed by atoms with E-state index in [4.69, 9.17) is 46.4 Å². The maximum Gasteiger partial charge on any atom is 0.228 e. The first-order valence-electron chi connectivity index (χ1n) is 5.64. The van der Waals surface area contributed by atoms with E-state index in [1.54, 1.807) is 36.4 Å². The summed E-state index contributed by atoms with van der Waals surface area (Å²) in [6.45, 7) is 0. The minimum Gasteiger partial charge on any atom is -0.324 e. The van der Waals surface area contributed by atoms with Gasteiger partial charge in [0.25, 0.3) is 0 Å². The van der Waals surface area contributed by atoms with Crippen LogP contribution in [0.4, 0.5) is 5.69 Å². The van der Waals surface area contributed by atoms with E-state index in [0.717, 1.165) is 0 Å². The summed E-state index contributed by atoms with van der Waals surface area (Å²) in [4.78, 5) is 12.0. The monoisotopic (exact) mass is 347 g/mol. The molecular formula is C14H9Cl4NO. The minimum absolute atomic E-state index is 0.134. The van der Waals surface area contributed by atoms with Crippen molar-refractivity contribution in [3.8, 4) is 0 Å². The van der Waals surface area contributed by atoms with Crippen molar-refractivity contribution in [3.05, 3.63) is 62.1 Å². The molecule has 0 aromatic heterocycles. The number of carbonyl (C=O) groups excluding carboxylic acids is 1. The molecule has 1 N–H and O–H groups in total. The molecule has 0 fully saturated rings. The Labute approximate surface area is 136 Å². The molecule has 0 radical (unpaired) electrons. The molecule has 0 heterocycles. The van der Waals surface area contributed by atoms with E-state index < -0.39 is 0 Å². The average Bonchev–Trinajstić information content (AvgIpc) is 2.36. The number of hydrogen-bond acceptors (Lipinski definition) is 1. The third-order valence-electron chi connectivity index (χ3n) is 2.57.